The Morgan fingerprint density at radius 1 is 0.821 bits per heavy atom. The number of benzene rings is 4. The van der Waals surface area contributed by atoms with E-state index in [4.69, 9.17) is 0 Å². The molecule has 1 aliphatic carbocycles. The van der Waals surface area contributed by atoms with Crippen LogP contribution in [0.15, 0.2) is 70.1 Å². The van der Waals surface area contributed by atoms with Crippen molar-refractivity contribution in [2.24, 2.45) is 0 Å². The molecule has 132 valence electrons. The van der Waals surface area contributed by atoms with Gasteiger partial charge in [0.05, 0.1) is 16.2 Å². The van der Waals surface area contributed by atoms with E-state index in [1.54, 1.807) is 0 Å². The highest BCUT2D eigenvalue weighted by Gasteiger charge is 2.24. The minimum atomic E-state index is 0.0248. The molecular formula is C24H14BrN2O+. The smallest absolute Gasteiger partial charge is 0.263 e. The minimum Gasteiger partial charge on any atom is -0.263 e. The Kier molecular flexibility index (Phi) is 2.62. The van der Waals surface area contributed by atoms with Crippen molar-refractivity contribution < 1.29 is 4.52 Å². The Morgan fingerprint density at radius 2 is 1.64 bits per heavy atom. The van der Waals surface area contributed by atoms with Crippen molar-refractivity contribution in [1.29, 1.82) is 0 Å². The van der Waals surface area contributed by atoms with E-state index in [-0.39, 0.29) is 5.56 Å². The Labute approximate surface area is 167 Å². The standard InChI is InChI=1S/C24H14BrN2O/c25-18-10-9-17-23-16(18)2-1-3-19(23)26-12-15-7-6-13-4-5-14-8-11-20(22(15)21(13)14)27(26)24(17)28/h1-3,6-12H,4-5H2/q+1. The highest BCUT2D eigenvalue weighted by molar-refractivity contribution is 9.10. The molecule has 6 aromatic rings. The summed E-state index contributed by atoms with van der Waals surface area (Å²) in [6.45, 7) is 0. The van der Waals surface area contributed by atoms with Gasteiger partial charge >= 0.3 is 5.56 Å². The SMILES string of the molecule is O=c1c2ccc(Br)c3cccc(c32)[n+]2cc3ccc4c5c(ccc(c35)n12)CC4. The van der Waals surface area contributed by atoms with E-state index in [1.807, 2.05) is 21.2 Å². The summed E-state index contributed by atoms with van der Waals surface area (Å²) >= 11 is 3.65. The maximum atomic E-state index is 13.6. The summed E-state index contributed by atoms with van der Waals surface area (Å²) < 4.78 is 4.88. The largest absolute Gasteiger partial charge is 0.315 e. The fourth-order valence-corrected chi connectivity index (χ4v) is 5.61. The van der Waals surface area contributed by atoms with Crippen LogP contribution in [0.25, 0.3) is 43.4 Å². The second-order valence-electron chi connectivity index (χ2n) is 7.69. The van der Waals surface area contributed by atoms with Gasteiger partial charge in [-0.1, -0.05) is 49.2 Å². The Hall–Kier alpha value is -2.98. The van der Waals surface area contributed by atoms with E-state index in [1.165, 1.54) is 27.3 Å². The van der Waals surface area contributed by atoms with Gasteiger partial charge in [-0.3, -0.25) is 4.79 Å². The lowest BCUT2D eigenvalue weighted by Gasteiger charge is -2.11. The molecule has 0 saturated heterocycles. The zero-order valence-electron chi connectivity index (χ0n) is 14.9. The van der Waals surface area contributed by atoms with Gasteiger partial charge in [0.2, 0.25) is 11.7 Å². The van der Waals surface area contributed by atoms with Crippen LogP contribution in [0.5, 0.6) is 0 Å². The molecule has 2 heterocycles. The first-order valence-electron chi connectivity index (χ1n) is 9.49. The zero-order chi connectivity index (χ0) is 18.6. The lowest BCUT2D eigenvalue weighted by atomic mass is 10.0. The van der Waals surface area contributed by atoms with Crippen molar-refractivity contribution in [2.75, 3.05) is 0 Å². The summed E-state index contributed by atoms with van der Waals surface area (Å²) in [6.07, 6.45) is 4.29. The van der Waals surface area contributed by atoms with Gasteiger partial charge < -0.3 is 0 Å². The van der Waals surface area contributed by atoms with E-state index in [0.717, 1.165) is 44.5 Å². The summed E-state index contributed by atoms with van der Waals surface area (Å²) in [7, 11) is 0. The van der Waals surface area contributed by atoms with Crippen molar-refractivity contribution in [1.82, 2.24) is 4.52 Å². The highest BCUT2D eigenvalue weighted by atomic mass is 79.9. The zero-order valence-corrected chi connectivity index (χ0v) is 16.5. The lowest BCUT2D eigenvalue weighted by Crippen LogP contribution is -2.40. The summed E-state index contributed by atoms with van der Waals surface area (Å²) in [4.78, 5) is 13.6. The quantitative estimate of drug-likeness (QED) is 0.195. The monoisotopic (exact) mass is 425 g/mol. The topological polar surface area (TPSA) is 25.6 Å². The molecule has 7 rings (SSSR count). The van der Waals surface area contributed by atoms with Crippen LogP contribution in [-0.4, -0.2) is 4.52 Å². The average molecular weight is 426 g/mol. The van der Waals surface area contributed by atoms with Gasteiger partial charge in [-0.05, 0) is 53.6 Å². The Balaban J connectivity index is 1.88. The number of nitrogens with zero attached hydrogens (tertiary/aromatic N) is 2. The molecule has 0 N–H and O–H groups in total. The van der Waals surface area contributed by atoms with Crippen molar-refractivity contribution >= 4 is 59.3 Å². The van der Waals surface area contributed by atoms with Crippen molar-refractivity contribution in [3.05, 3.63) is 86.7 Å². The summed E-state index contributed by atoms with van der Waals surface area (Å²) in [5.41, 5.74) is 4.84. The normalized spacial score (nSPS) is 13.8. The third kappa shape index (κ3) is 1.62. The minimum absolute atomic E-state index is 0.0248. The number of aryl methyl sites for hydroxylation is 2. The maximum absolute atomic E-state index is 13.6. The van der Waals surface area contributed by atoms with Gasteiger partial charge in [0.15, 0.2) is 0 Å². The van der Waals surface area contributed by atoms with Crippen LogP contribution in [0.4, 0.5) is 0 Å². The molecular weight excluding hydrogens is 412 g/mol. The fraction of sp³-hybridized carbons (Fsp3) is 0.0833. The molecule has 0 atom stereocenters. The number of rotatable bonds is 0. The molecule has 0 spiro atoms. The number of hydrogen-bond donors (Lipinski definition) is 0. The third-order valence-electron chi connectivity index (χ3n) is 6.35. The van der Waals surface area contributed by atoms with E-state index in [0.29, 0.717) is 0 Å². The van der Waals surface area contributed by atoms with Gasteiger partial charge in [-0.25, -0.2) is 0 Å². The second kappa shape index (κ2) is 4.89. The van der Waals surface area contributed by atoms with Crippen LogP contribution in [0.2, 0.25) is 0 Å². The van der Waals surface area contributed by atoms with Crippen LogP contribution in [0.3, 0.4) is 0 Å². The number of halogens is 1. The van der Waals surface area contributed by atoms with Gasteiger partial charge in [0.1, 0.15) is 5.52 Å². The maximum Gasteiger partial charge on any atom is 0.315 e. The fourth-order valence-electron chi connectivity index (χ4n) is 5.15. The number of hydrogen-bond acceptors (Lipinski definition) is 1. The molecule has 0 bridgehead atoms. The van der Waals surface area contributed by atoms with E-state index in [2.05, 4.69) is 64.6 Å². The average Bonchev–Trinajstić information content (AvgIpc) is 3.15. The predicted octanol–water partition coefficient (Wildman–Crippen LogP) is 4.80. The van der Waals surface area contributed by atoms with Gasteiger partial charge in [-0.15, -0.1) is 0 Å². The molecule has 0 saturated carbocycles. The number of aromatic nitrogens is 2. The molecule has 0 radical (unpaired) electrons. The summed E-state index contributed by atoms with van der Waals surface area (Å²) in [5, 5.41) is 6.56. The molecule has 3 nitrogen and oxygen atoms in total. The predicted molar refractivity (Wildman–Crippen MR) is 116 cm³/mol. The molecule has 4 aromatic carbocycles. The van der Waals surface area contributed by atoms with Crippen molar-refractivity contribution in [2.45, 2.75) is 12.8 Å². The molecule has 2 aromatic heterocycles. The first-order chi connectivity index (χ1) is 13.7. The summed E-state index contributed by atoms with van der Waals surface area (Å²) in [6, 6.07) is 18.9. The van der Waals surface area contributed by atoms with Crippen LogP contribution < -0.4 is 10.1 Å². The van der Waals surface area contributed by atoms with E-state index in [9.17, 15) is 4.79 Å². The van der Waals surface area contributed by atoms with E-state index < -0.39 is 0 Å². The van der Waals surface area contributed by atoms with Crippen LogP contribution >= 0.6 is 15.9 Å². The van der Waals surface area contributed by atoms with Gasteiger partial charge in [-0.2, -0.15) is 0 Å². The first kappa shape index (κ1) is 15.0. The molecule has 0 fully saturated rings. The molecule has 1 aliphatic rings. The third-order valence-corrected chi connectivity index (χ3v) is 7.04. The van der Waals surface area contributed by atoms with Crippen LogP contribution in [0, 0.1) is 0 Å². The molecule has 0 aliphatic heterocycles. The lowest BCUT2D eigenvalue weighted by molar-refractivity contribution is -0.592. The van der Waals surface area contributed by atoms with Crippen LogP contribution in [0.1, 0.15) is 11.1 Å². The van der Waals surface area contributed by atoms with E-state index >= 15 is 0 Å². The summed E-state index contributed by atoms with van der Waals surface area (Å²) in [5.74, 6) is 0. The molecule has 0 unspecified atom stereocenters. The van der Waals surface area contributed by atoms with Crippen LogP contribution in [-0.2, 0) is 12.8 Å². The molecule has 4 heteroatoms. The Morgan fingerprint density at radius 3 is 2.50 bits per heavy atom. The Bertz CT molecular complexity index is 1690. The van der Waals surface area contributed by atoms with Crippen molar-refractivity contribution in [3.8, 4) is 0 Å². The first-order valence-corrected chi connectivity index (χ1v) is 10.3. The second-order valence-corrected chi connectivity index (χ2v) is 8.55. The van der Waals surface area contributed by atoms with Gasteiger partial charge in [0.25, 0.3) is 0 Å². The van der Waals surface area contributed by atoms with Crippen molar-refractivity contribution in [3.63, 3.8) is 0 Å². The number of fused-ring (bicyclic) bond motifs is 3. The highest BCUT2D eigenvalue weighted by Crippen LogP contribution is 2.36. The molecule has 28 heavy (non-hydrogen) atoms. The molecule has 0 amide bonds. The van der Waals surface area contributed by atoms with Gasteiger partial charge in [0, 0.05) is 21.3 Å².